The van der Waals surface area contributed by atoms with E-state index in [2.05, 4.69) is 22.1 Å². The molecule has 0 unspecified atom stereocenters. The van der Waals surface area contributed by atoms with E-state index >= 15 is 0 Å². The smallest absolute Gasteiger partial charge is 0.0629 e. The number of hydrogen-bond donors (Lipinski definition) is 0. The van der Waals surface area contributed by atoms with Gasteiger partial charge in [0.2, 0.25) is 0 Å². The zero-order chi connectivity index (χ0) is 43.9. The molecular formula is C45H46IrN2-2. The van der Waals surface area contributed by atoms with Crippen LogP contribution in [-0.4, -0.2) is 9.97 Å². The number of pyridine rings is 2. The Kier molecular flexibility index (Phi) is 7.88. The summed E-state index contributed by atoms with van der Waals surface area (Å²) in [4.78, 5) is 8.77. The molecule has 1 radical (unpaired) electrons. The van der Waals surface area contributed by atoms with Crippen LogP contribution in [0.2, 0.25) is 0 Å². The van der Waals surface area contributed by atoms with Gasteiger partial charge in [-0.3, -0.25) is 0 Å². The molecule has 247 valence electrons. The van der Waals surface area contributed by atoms with Crippen molar-refractivity contribution in [1.82, 2.24) is 9.97 Å². The third-order valence-corrected chi connectivity index (χ3v) is 6.76. The number of nitrogens with zero attached hydrogens (tertiary/aromatic N) is 2. The zero-order valence-corrected chi connectivity index (χ0v) is 30.4. The van der Waals surface area contributed by atoms with E-state index in [9.17, 15) is 0 Å². The fourth-order valence-corrected chi connectivity index (χ4v) is 4.78. The quantitative estimate of drug-likeness (QED) is 0.156. The van der Waals surface area contributed by atoms with Crippen molar-refractivity contribution in [2.75, 3.05) is 0 Å². The van der Waals surface area contributed by atoms with E-state index in [1.54, 1.807) is 39.1 Å². The van der Waals surface area contributed by atoms with Crippen LogP contribution in [0.15, 0.2) is 128 Å². The van der Waals surface area contributed by atoms with Crippen molar-refractivity contribution in [3.8, 4) is 44.8 Å². The molecule has 0 N–H and O–H groups in total. The van der Waals surface area contributed by atoms with Gasteiger partial charge in [-0.15, -0.1) is 65.2 Å². The molecule has 2 nitrogen and oxygen atoms in total. The van der Waals surface area contributed by atoms with Gasteiger partial charge in [0.1, 0.15) is 0 Å². The van der Waals surface area contributed by atoms with Crippen molar-refractivity contribution in [3.05, 3.63) is 156 Å². The second-order valence-corrected chi connectivity index (χ2v) is 13.1. The first kappa shape index (κ1) is 23.2. The Morgan fingerprint density at radius 2 is 1.40 bits per heavy atom. The van der Waals surface area contributed by atoms with Gasteiger partial charge in [-0.05, 0) is 68.8 Å². The Hall–Kier alpha value is -4.17. The summed E-state index contributed by atoms with van der Waals surface area (Å²) in [6.07, 6.45) is 0.184. The predicted molar refractivity (Wildman–Crippen MR) is 199 cm³/mol. The molecule has 0 spiro atoms. The summed E-state index contributed by atoms with van der Waals surface area (Å²) in [6.45, 7) is 8.51. The largest absolute Gasteiger partial charge is 0.305 e. The maximum atomic E-state index is 8.41. The average Bonchev–Trinajstić information content (AvgIpc) is 3.19. The molecule has 0 atom stereocenters. The maximum absolute atomic E-state index is 8.41. The van der Waals surface area contributed by atoms with Crippen LogP contribution in [0.5, 0.6) is 0 Å². The summed E-state index contributed by atoms with van der Waals surface area (Å²) in [6, 6.07) is 28.7. The molecule has 2 heterocycles. The van der Waals surface area contributed by atoms with Crippen LogP contribution in [-0.2, 0) is 32.9 Å². The summed E-state index contributed by atoms with van der Waals surface area (Å²) in [5.41, 5.74) is 4.19. The summed E-state index contributed by atoms with van der Waals surface area (Å²) in [5.74, 6) is 0. The number of rotatable bonds is 6. The first-order valence-corrected chi connectivity index (χ1v) is 15.4. The van der Waals surface area contributed by atoms with Crippen molar-refractivity contribution >= 4 is 0 Å². The van der Waals surface area contributed by atoms with Crippen LogP contribution in [0.25, 0.3) is 44.8 Å². The molecule has 6 rings (SSSR count). The Morgan fingerprint density at radius 3 is 2.02 bits per heavy atom. The molecule has 2 aromatic heterocycles. The Balaban J connectivity index is 0.000000272. The van der Waals surface area contributed by atoms with Gasteiger partial charge in [0.25, 0.3) is 0 Å². The third-order valence-electron chi connectivity index (χ3n) is 6.76. The van der Waals surface area contributed by atoms with Gasteiger partial charge in [-0.2, -0.15) is 0 Å². The van der Waals surface area contributed by atoms with Crippen molar-refractivity contribution in [2.45, 2.75) is 61.1 Å². The summed E-state index contributed by atoms with van der Waals surface area (Å²) < 4.78 is 97.5. The molecule has 0 saturated heterocycles. The topological polar surface area (TPSA) is 25.8 Å². The van der Waals surface area contributed by atoms with Gasteiger partial charge in [0.15, 0.2) is 0 Å². The molecule has 0 aliphatic carbocycles. The van der Waals surface area contributed by atoms with Gasteiger partial charge < -0.3 is 9.97 Å². The van der Waals surface area contributed by atoms with Crippen LogP contribution >= 0.6 is 0 Å². The van der Waals surface area contributed by atoms with E-state index in [-0.39, 0.29) is 36.8 Å². The zero-order valence-electron chi connectivity index (χ0n) is 40.0. The number of aryl methyl sites for hydroxylation is 1. The van der Waals surface area contributed by atoms with E-state index in [1.165, 1.54) is 18.3 Å². The molecule has 0 aliphatic heterocycles. The summed E-state index contributed by atoms with van der Waals surface area (Å²) >= 11 is 0. The molecule has 4 aromatic carbocycles. The predicted octanol–water partition coefficient (Wildman–Crippen LogP) is 11.9. The number of aromatic nitrogens is 2. The van der Waals surface area contributed by atoms with Gasteiger partial charge in [-0.25, -0.2) is 0 Å². The van der Waals surface area contributed by atoms with Gasteiger partial charge in [0.05, 0.1) is 6.85 Å². The number of benzene rings is 4. The van der Waals surface area contributed by atoms with Gasteiger partial charge in [-0.1, -0.05) is 127 Å². The third kappa shape index (κ3) is 10.7. The monoisotopic (exact) mass is 819 g/mol. The second kappa shape index (κ2) is 16.3. The van der Waals surface area contributed by atoms with Crippen molar-refractivity contribution in [1.29, 1.82) is 0 Å². The first-order valence-electron chi connectivity index (χ1n) is 21.4. The first-order chi connectivity index (χ1) is 27.3. The minimum Gasteiger partial charge on any atom is -0.305 e. The maximum Gasteiger partial charge on any atom is 0.0629 e. The average molecular weight is 819 g/mol. The van der Waals surface area contributed by atoms with E-state index < -0.39 is 60.6 Å². The molecule has 0 bridgehead atoms. The van der Waals surface area contributed by atoms with E-state index in [0.29, 0.717) is 22.4 Å². The molecule has 0 fully saturated rings. The molecule has 3 heteroatoms. The molecular weight excluding hydrogens is 761 g/mol. The summed E-state index contributed by atoms with van der Waals surface area (Å²) in [7, 11) is 0. The fraction of sp³-hybridized carbons (Fsp3) is 0.244. The molecule has 0 aliphatic rings. The van der Waals surface area contributed by atoms with Crippen LogP contribution in [0.3, 0.4) is 0 Å². The molecule has 0 amide bonds. The minimum atomic E-state index is -2.62. The van der Waals surface area contributed by atoms with Crippen LogP contribution in [0.4, 0.5) is 0 Å². The molecule has 6 aromatic rings. The number of hydrogen-bond acceptors (Lipinski definition) is 2. The minimum absolute atomic E-state index is 0. The normalized spacial score (nSPS) is 15.7. The van der Waals surface area contributed by atoms with Crippen LogP contribution < -0.4 is 0 Å². The van der Waals surface area contributed by atoms with E-state index in [0.717, 1.165) is 22.4 Å². The van der Waals surface area contributed by atoms with Gasteiger partial charge >= 0.3 is 0 Å². The SMILES string of the molecule is [2H]C([2H])(c1ccc(-c2ccnc(-c3[c-]cccc3)c2)cc1)C(C)(C)C.[2H]c1c([2H])c([2H])c(-c2cc(-c3ccc(C([2H])([2H])C(C)(C)C)cn3)[c-]cc2C([2H])([2H])[2H])c([2H])c1[2H].[Ir]. The molecule has 48 heavy (non-hydrogen) atoms. The van der Waals surface area contributed by atoms with E-state index in [1.807, 2.05) is 81.4 Å². The Morgan fingerprint density at radius 1 is 0.688 bits per heavy atom. The Bertz CT molecular complexity index is 2410. The van der Waals surface area contributed by atoms with Crippen LogP contribution in [0.1, 0.15) is 74.7 Å². The van der Waals surface area contributed by atoms with E-state index in [4.69, 9.17) is 16.4 Å². The standard InChI is InChI=1S/C23H24N.C22H22N.Ir/c1-17-10-12-20(14-21(17)19-8-6-5-7-9-19)22-13-11-18(16-24-22)15-23(2,3)4;1-22(2,3)16-17-9-11-18(12-10-17)20-13-14-23-21(15-20)19-7-5-4-6-8-19;/h5-11,13-14,16H,15H2,1-4H3;4-7,9-15H,16H2,1-3H3;/q2*-1;/i1D3,5D,6D,7D,8D,9D,15D2;16D2;. The van der Waals surface area contributed by atoms with Crippen molar-refractivity contribution in [2.24, 2.45) is 10.8 Å². The second-order valence-electron chi connectivity index (χ2n) is 13.1. The Labute approximate surface area is 319 Å². The summed E-state index contributed by atoms with van der Waals surface area (Å²) in [5, 5.41) is 0. The van der Waals surface area contributed by atoms with Crippen LogP contribution in [0, 0.1) is 29.8 Å². The fourth-order valence-electron chi connectivity index (χ4n) is 4.78. The molecule has 0 saturated carbocycles. The van der Waals surface area contributed by atoms with Crippen molar-refractivity contribution in [3.63, 3.8) is 0 Å². The van der Waals surface area contributed by atoms with Gasteiger partial charge in [0, 0.05) is 42.1 Å². The van der Waals surface area contributed by atoms with Crippen molar-refractivity contribution < 1.29 is 36.6 Å².